The normalized spacial score (nSPS) is 23.6. The zero-order valence-corrected chi connectivity index (χ0v) is 12.0. The Balaban J connectivity index is 1.73. The Kier molecular flexibility index (Phi) is 4.98. The third-order valence-electron chi connectivity index (χ3n) is 3.97. The standard InChI is InChI=1S/C14H23N3O3/c1-2-3-13(19)17-8-6-10(7-9-17)15-14(20)11-4-5-12(18)16-11/h10-11H,2-9H2,1H3,(H,15,20)(H,16,18). The predicted molar refractivity (Wildman–Crippen MR) is 73.8 cm³/mol. The maximum Gasteiger partial charge on any atom is 0.242 e. The molecule has 0 spiro atoms. The lowest BCUT2D eigenvalue weighted by molar-refractivity contribution is -0.132. The first-order chi connectivity index (χ1) is 9.60. The highest BCUT2D eigenvalue weighted by atomic mass is 16.2. The molecule has 0 aliphatic carbocycles. The van der Waals surface area contributed by atoms with E-state index in [4.69, 9.17) is 0 Å². The lowest BCUT2D eigenvalue weighted by Gasteiger charge is -2.33. The quantitative estimate of drug-likeness (QED) is 0.771. The van der Waals surface area contributed by atoms with E-state index in [1.54, 1.807) is 0 Å². The summed E-state index contributed by atoms with van der Waals surface area (Å²) in [6.07, 6.45) is 4.08. The highest BCUT2D eigenvalue weighted by Gasteiger charge is 2.30. The summed E-state index contributed by atoms with van der Waals surface area (Å²) in [7, 11) is 0. The van der Waals surface area contributed by atoms with Crippen LogP contribution in [0, 0.1) is 0 Å². The summed E-state index contributed by atoms with van der Waals surface area (Å²) in [5, 5.41) is 5.65. The van der Waals surface area contributed by atoms with E-state index in [1.165, 1.54) is 0 Å². The Bertz CT molecular complexity index is 389. The first kappa shape index (κ1) is 14.8. The van der Waals surface area contributed by atoms with Gasteiger partial charge in [0.05, 0.1) is 0 Å². The van der Waals surface area contributed by atoms with Crippen LogP contribution >= 0.6 is 0 Å². The minimum atomic E-state index is -0.373. The highest BCUT2D eigenvalue weighted by molar-refractivity contribution is 5.90. The van der Waals surface area contributed by atoms with Crippen LogP contribution in [0.1, 0.15) is 45.4 Å². The van der Waals surface area contributed by atoms with Crippen molar-refractivity contribution in [3.63, 3.8) is 0 Å². The molecule has 2 aliphatic heterocycles. The summed E-state index contributed by atoms with van der Waals surface area (Å²) in [6, 6.07) is -0.257. The average Bonchev–Trinajstić information content (AvgIpc) is 2.86. The van der Waals surface area contributed by atoms with Crippen LogP contribution in [0.25, 0.3) is 0 Å². The fourth-order valence-corrected chi connectivity index (χ4v) is 2.76. The van der Waals surface area contributed by atoms with E-state index in [2.05, 4.69) is 10.6 Å². The molecule has 2 aliphatic rings. The Hall–Kier alpha value is -1.59. The fourth-order valence-electron chi connectivity index (χ4n) is 2.76. The van der Waals surface area contributed by atoms with Crippen LogP contribution in [-0.2, 0) is 14.4 Å². The van der Waals surface area contributed by atoms with Gasteiger partial charge in [0, 0.05) is 32.0 Å². The van der Waals surface area contributed by atoms with E-state index in [0.717, 1.165) is 19.3 Å². The van der Waals surface area contributed by atoms with E-state index in [9.17, 15) is 14.4 Å². The lowest BCUT2D eigenvalue weighted by atomic mass is 10.0. The molecule has 0 bridgehead atoms. The van der Waals surface area contributed by atoms with Gasteiger partial charge in [-0.25, -0.2) is 0 Å². The average molecular weight is 281 g/mol. The molecular formula is C14H23N3O3. The van der Waals surface area contributed by atoms with Gasteiger partial charge in [-0.3, -0.25) is 14.4 Å². The minimum Gasteiger partial charge on any atom is -0.351 e. The van der Waals surface area contributed by atoms with Crippen molar-refractivity contribution < 1.29 is 14.4 Å². The van der Waals surface area contributed by atoms with Crippen LogP contribution < -0.4 is 10.6 Å². The largest absolute Gasteiger partial charge is 0.351 e. The van der Waals surface area contributed by atoms with Gasteiger partial charge in [0.1, 0.15) is 6.04 Å². The molecule has 0 aromatic rings. The number of piperidine rings is 1. The number of amides is 3. The number of carbonyl (C=O) groups is 3. The number of rotatable bonds is 4. The molecule has 1 atom stereocenters. The molecule has 2 rings (SSSR count). The first-order valence-corrected chi connectivity index (χ1v) is 7.47. The monoisotopic (exact) mass is 281 g/mol. The number of carbonyl (C=O) groups excluding carboxylic acids is 3. The van der Waals surface area contributed by atoms with Gasteiger partial charge in [-0.1, -0.05) is 6.92 Å². The number of nitrogens with zero attached hydrogens (tertiary/aromatic N) is 1. The summed E-state index contributed by atoms with van der Waals surface area (Å²) >= 11 is 0. The number of hydrogen-bond donors (Lipinski definition) is 2. The van der Waals surface area contributed by atoms with Crippen molar-refractivity contribution in [2.45, 2.75) is 57.5 Å². The second-order valence-corrected chi connectivity index (χ2v) is 5.57. The maximum atomic E-state index is 12.0. The smallest absolute Gasteiger partial charge is 0.242 e. The van der Waals surface area contributed by atoms with Gasteiger partial charge >= 0.3 is 0 Å². The summed E-state index contributed by atoms with van der Waals surface area (Å²) in [5.74, 6) is 0.0691. The molecule has 2 fully saturated rings. The van der Waals surface area contributed by atoms with Gasteiger partial charge in [0.15, 0.2) is 0 Å². The zero-order chi connectivity index (χ0) is 14.5. The Morgan fingerprint density at radius 3 is 2.55 bits per heavy atom. The number of hydrogen-bond acceptors (Lipinski definition) is 3. The topological polar surface area (TPSA) is 78.5 Å². The van der Waals surface area contributed by atoms with Crippen LogP contribution in [0.3, 0.4) is 0 Å². The van der Waals surface area contributed by atoms with Crippen LogP contribution in [0.5, 0.6) is 0 Å². The molecule has 2 N–H and O–H groups in total. The molecule has 3 amide bonds. The third kappa shape index (κ3) is 3.71. The van der Waals surface area contributed by atoms with E-state index in [1.807, 2.05) is 11.8 Å². The van der Waals surface area contributed by atoms with Gasteiger partial charge in [0.2, 0.25) is 17.7 Å². The molecule has 0 aromatic carbocycles. The van der Waals surface area contributed by atoms with E-state index in [0.29, 0.717) is 32.4 Å². The van der Waals surface area contributed by atoms with Crippen LogP contribution in [0.4, 0.5) is 0 Å². The molecule has 20 heavy (non-hydrogen) atoms. The molecule has 0 radical (unpaired) electrons. The second kappa shape index (κ2) is 6.72. The van der Waals surface area contributed by atoms with Crippen LogP contribution in [0.15, 0.2) is 0 Å². The van der Waals surface area contributed by atoms with Crippen molar-refractivity contribution in [3.05, 3.63) is 0 Å². The molecule has 112 valence electrons. The molecular weight excluding hydrogens is 258 g/mol. The third-order valence-corrected chi connectivity index (χ3v) is 3.97. The Morgan fingerprint density at radius 1 is 1.30 bits per heavy atom. The molecule has 0 saturated carbocycles. The van der Waals surface area contributed by atoms with Crippen LogP contribution in [0.2, 0.25) is 0 Å². The highest BCUT2D eigenvalue weighted by Crippen LogP contribution is 2.13. The summed E-state index contributed by atoms with van der Waals surface area (Å²) in [5.41, 5.74) is 0. The number of likely N-dealkylation sites (tertiary alicyclic amines) is 1. The fraction of sp³-hybridized carbons (Fsp3) is 0.786. The van der Waals surface area contributed by atoms with E-state index in [-0.39, 0.29) is 29.8 Å². The van der Waals surface area contributed by atoms with E-state index < -0.39 is 0 Å². The molecule has 6 heteroatoms. The van der Waals surface area contributed by atoms with Crippen LogP contribution in [-0.4, -0.2) is 47.8 Å². The minimum absolute atomic E-state index is 0.0508. The molecule has 1 unspecified atom stereocenters. The number of nitrogens with one attached hydrogen (secondary N) is 2. The summed E-state index contributed by atoms with van der Waals surface area (Å²) in [6.45, 7) is 3.42. The summed E-state index contributed by atoms with van der Waals surface area (Å²) < 4.78 is 0. The van der Waals surface area contributed by atoms with E-state index >= 15 is 0 Å². The lowest BCUT2D eigenvalue weighted by Crippen LogP contribution is -2.50. The molecule has 0 aromatic heterocycles. The second-order valence-electron chi connectivity index (χ2n) is 5.57. The van der Waals surface area contributed by atoms with Crippen molar-refractivity contribution in [1.29, 1.82) is 0 Å². The van der Waals surface area contributed by atoms with Crippen molar-refractivity contribution in [3.8, 4) is 0 Å². The maximum absolute atomic E-state index is 12.0. The van der Waals surface area contributed by atoms with Crippen molar-refractivity contribution in [1.82, 2.24) is 15.5 Å². The molecule has 6 nitrogen and oxygen atoms in total. The van der Waals surface area contributed by atoms with Gasteiger partial charge in [0.25, 0.3) is 0 Å². The molecule has 2 saturated heterocycles. The van der Waals surface area contributed by atoms with Gasteiger partial charge < -0.3 is 15.5 Å². The molecule has 2 heterocycles. The van der Waals surface area contributed by atoms with Crippen molar-refractivity contribution >= 4 is 17.7 Å². The van der Waals surface area contributed by atoms with Crippen molar-refractivity contribution in [2.24, 2.45) is 0 Å². The van der Waals surface area contributed by atoms with Gasteiger partial charge in [-0.2, -0.15) is 0 Å². The van der Waals surface area contributed by atoms with Gasteiger partial charge in [-0.15, -0.1) is 0 Å². The van der Waals surface area contributed by atoms with Crippen molar-refractivity contribution in [2.75, 3.05) is 13.1 Å². The Labute approximate surface area is 119 Å². The zero-order valence-electron chi connectivity index (χ0n) is 12.0. The first-order valence-electron chi connectivity index (χ1n) is 7.47. The summed E-state index contributed by atoms with van der Waals surface area (Å²) in [4.78, 5) is 36.7. The van der Waals surface area contributed by atoms with Gasteiger partial charge in [-0.05, 0) is 25.7 Å². The Morgan fingerprint density at radius 2 is 2.00 bits per heavy atom. The SMILES string of the molecule is CCCC(=O)N1CCC(NC(=O)C2CCC(=O)N2)CC1. The predicted octanol–water partition coefficient (Wildman–Crippen LogP) is 0.172.